The lowest BCUT2D eigenvalue weighted by Gasteiger charge is -2.22. The van der Waals surface area contributed by atoms with E-state index < -0.39 is 0 Å². The highest BCUT2D eigenvalue weighted by molar-refractivity contribution is 5.76. The van der Waals surface area contributed by atoms with Gasteiger partial charge in [0.1, 0.15) is 0 Å². The highest BCUT2D eigenvalue weighted by Gasteiger charge is 2.26. The van der Waals surface area contributed by atoms with Crippen LogP contribution in [0.2, 0.25) is 0 Å². The largest absolute Gasteiger partial charge is 0.394 e. The van der Waals surface area contributed by atoms with Gasteiger partial charge >= 0.3 is 0 Å². The fourth-order valence-electron chi connectivity index (χ4n) is 1.72. The van der Waals surface area contributed by atoms with Gasteiger partial charge in [0.2, 0.25) is 5.91 Å². The molecule has 0 spiro atoms. The Morgan fingerprint density at radius 1 is 1.69 bits per heavy atom. The molecule has 0 unspecified atom stereocenters. The van der Waals surface area contributed by atoms with Crippen LogP contribution in [0.1, 0.15) is 25.7 Å². The lowest BCUT2D eigenvalue weighted by molar-refractivity contribution is -0.132. The highest BCUT2D eigenvalue weighted by Crippen LogP contribution is 2.17. The molecule has 1 amide bonds. The summed E-state index contributed by atoms with van der Waals surface area (Å²) < 4.78 is 0. The Labute approximate surface area is 79.0 Å². The molecule has 1 atom stereocenters. The SMILES string of the molecule is C=CCCC(=O)N1CCC[C@@H]1CO. The molecule has 0 aromatic heterocycles. The van der Waals surface area contributed by atoms with Gasteiger partial charge < -0.3 is 10.0 Å². The molecule has 1 aliphatic heterocycles. The lowest BCUT2D eigenvalue weighted by Crippen LogP contribution is -2.37. The maximum Gasteiger partial charge on any atom is 0.223 e. The second-order valence-electron chi connectivity index (χ2n) is 3.39. The van der Waals surface area contributed by atoms with Gasteiger partial charge in [-0.2, -0.15) is 0 Å². The van der Waals surface area contributed by atoms with Crippen LogP contribution in [0.5, 0.6) is 0 Å². The third kappa shape index (κ3) is 2.56. The fraction of sp³-hybridized carbons (Fsp3) is 0.700. The zero-order valence-electron chi connectivity index (χ0n) is 7.91. The highest BCUT2D eigenvalue weighted by atomic mass is 16.3. The van der Waals surface area contributed by atoms with Gasteiger partial charge in [-0.1, -0.05) is 6.08 Å². The van der Waals surface area contributed by atoms with E-state index in [4.69, 9.17) is 5.11 Å². The Kier molecular flexibility index (Phi) is 3.96. The number of carbonyl (C=O) groups excluding carboxylic acids is 1. The van der Waals surface area contributed by atoms with Crippen LogP contribution < -0.4 is 0 Å². The van der Waals surface area contributed by atoms with E-state index in [1.54, 1.807) is 11.0 Å². The standard InChI is InChI=1S/C10H17NO2/c1-2-3-6-10(13)11-7-4-5-9(11)8-12/h2,9,12H,1,3-8H2/t9-/m1/s1. The number of aliphatic hydroxyl groups excluding tert-OH is 1. The van der Waals surface area contributed by atoms with Gasteiger partial charge in [-0.25, -0.2) is 0 Å². The smallest absolute Gasteiger partial charge is 0.223 e. The van der Waals surface area contributed by atoms with Crippen molar-refractivity contribution in [2.75, 3.05) is 13.2 Å². The van der Waals surface area contributed by atoms with Crippen molar-refractivity contribution in [1.82, 2.24) is 4.90 Å². The zero-order valence-corrected chi connectivity index (χ0v) is 7.91. The summed E-state index contributed by atoms with van der Waals surface area (Å²) in [5.41, 5.74) is 0. The van der Waals surface area contributed by atoms with E-state index in [0.717, 1.165) is 25.8 Å². The molecule has 0 aromatic carbocycles. The minimum atomic E-state index is 0.0670. The van der Waals surface area contributed by atoms with Crippen LogP contribution in [-0.2, 0) is 4.79 Å². The van der Waals surface area contributed by atoms with Crippen molar-refractivity contribution >= 4 is 5.91 Å². The summed E-state index contributed by atoms with van der Waals surface area (Å²) >= 11 is 0. The van der Waals surface area contributed by atoms with E-state index in [1.165, 1.54) is 0 Å². The predicted octanol–water partition coefficient (Wildman–Crippen LogP) is 0.936. The van der Waals surface area contributed by atoms with E-state index in [1.807, 2.05) is 0 Å². The third-order valence-electron chi connectivity index (χ3n) is 2.47. The van der Waals surface area contributed by atoms with E-state index in [-0.39, 0.29) is 18.6 Å². The van der Waals surface area contributed by atoms with Crippen molar-refractivity contribution < 1.29 is 9.90 Å². The number of nitrogens with zero attached hydrogens (tertiary/aromatic N) is 1. The van der Waals surface area contributed by atoms with Gasteiger partial charge in [-0.15, -0.1) is 6.58 Å². The van der Waals surface area contributed by atoms with Crippen molar-refractivity contribution in [2.24, 2.45) is 0 Å². The van der Waals surface area contributed by atoms with Crippen LogP contribution in [0.4, 0.5) is 0 Å². The van der Waals surface area contributed by atoms with Crippen LogP contribution in [-0.4, -0.2) is 35.1 Å². The maximum absolute atomic E-state index is 11.5. The summed E-state index contributed by atoms with van der Waals surface area (Å²) in [5.74, 6) is 0.149. The average Bonchev–Trinajstić information content (AvgIpc) is 2.61. The van der Waals surface area contributed by atoms with E-state index in [9.17, 15) is 4.79 Å². The monoisotopic (exact) mass is 183 g/mol. The number of likely N-dealkylation sites (tertiary alicyclic amines) is 1. The van der Waals surface area contributed by atoms with Crippen LogP contribution in [0.3, 0.4) is 0 Å². The molecule has 0 aromatic rings. The van der Waals surface area contributed by atoms with Crippen molar-refractivity contribution in [3.05, 3.63) is 12.7 Å². The molecule has 1 heterocycles. The van der Waals surface area contributed by atoms with Gasteiger partial charge in [0.05, 0.1) is 12.6 Å². The van der Waals surface area contributed by atoms with E-state index >= 15 is 0 Å². The number of rotatable bonds is 4. The third-order valence-corrected chi connectivity index (χ3v) is 2.47. The Morgan fingerprint density at radius 2 is 2.46 bits per heavy atom. The number of amides is 1. The molecule has 0 radical (unpaired) electrons. The van der Waals surface area contributed by atoms with Crippen LogP contribution in [0.15, 0.2) is 12.7 Å². The van der Waals surface area contributed by atoms with Crippen LogP contribution in [0.25, 0.3) is 0 Å². The summed E-state index contributed by atoms with van der Waals surface area (Å²) in [6.45, 7) is 4.48. The van der Waals surface area contributed by atoms with Gasteiger partial charge in [-0.05, 0) is 19.3 Å². The molecule has 1 fully saturated rings. The van der Waals surface area contributed by atoms with E-state index in [2.05, 4.69) is 6.58 Å². The first-order valence-electron chi connectivity index (χ1n) is 4.80. The molecule has 1 rings (SSSR count). The van der Waals surface area contributed by atoms with Gasteiger partial charge in [0.15, 0.2) is 0 Å². The Balaban J connectivity index is 2.40. The molecular formula is C10H17NO2. The normalized spacial score (nSPS) is 21.9. The minimum absolute atomic E-state index is 0.0670. The topological polar surface area (TPSA) is 40.5 Å². The first-order valence-corrected chi connectivity index (χ1v) is 4.80. The lowest BCUT2D eigenvalue weighted by atomic mass is 10.2. The summed E-state index contributed by atoms with van der Waals surface area (Å²) in [6.07, 6.45) is 4.97. The quantitative estimate of drug-likeness (QED) is 0.659. The van der Waals surface area contributed by atoms with Crippen molar-refractivity contribution in [1.29, 1.82) is 0 Å². The second kappa shape index (κ2) is 5.02. The molecule has 0 bridgehead atoms. The van der Waals surface area contributed by atoms with Crippen LogP contribution in [0, 0.1) is 0 Å². The number of hydrogen-bond acceptors (Lipinski definition) is 2. The first-order chi connectivity index (χ1) is 6.29. The van der Waals surface area contributed by atoms with E-state index in [0.29, 0.717) is 6.42 Å². The number of allylic oxidation sites excluding steroid dienone is 1. The average molecular weight is 183 g/mol. The number of aliphatic hydroxyl groups is 1. The van der Waals surface area contributed by atoms with Crippen molar-refractivity contribution in [3.8, 4) is 0 Å². The molecule has 1 saturated heterocycles. The summed E-state index contributed by atoms with van der Waals surface area (Å²) in [6, 6.07) is 0.0670. The molecule has 13 heavy (non-hydrogen) atoms. The Hall–Kier alpha value is -0.830. The Bertz CT molecular complexity index is 191. The maximum atomic E-state index is 11.5. The molecule has 0 saturated carbocycles. The molecule has 1 N–H and O–H groups in total. The first kappa shape index (κ1) is 10.3. The Morgan fingerprint density at radius 3 is 3.08 bits per heavy atom. The number of hydrogen-bond donors (Lipinski definition) is 1. The molecule has 0 aliphatic carbocycles. The van der Waals surface area contributed by atoms with Crippen molar-refractivity contribution in [3.63, 3.8) is 0 Å². The van der Waals surface area contributed by atoms with Gasteiger partial charge in [0.25, 0.3) is 0 Å². The van der Waals surface area contributed by atoms with Gasteiger partial charge in [0, 0.05) is 13.0 Å². The number of carbonyl (C=O) groups is 1. The summed E-state index contributed by atoms with van der Waals surface area (Å²) in [5, 5.41) is 9.00. The van der Waals surface area contributed by atoms with Gasteiger partial charge in [-0.3, -0.25) is 4.79 Å². The molecule has 74 valence electrons. The summed E-state index contributed by atoms with van der Waals surface area (Å²) in [7, 11) is 0. The second-order valence-corrected chi connectivity index (χ2v) is 3.39. The summed E-state index contributed by atoms with van der Waals surface area (Å²) in [4.78, 5) is 13.3. The molecule has 3 heteroatoms. The van der Waals surface area contributed by atoms with Crippen molar-refractivity contribution in [2.45, 2.75) is 31.7 Å². The zero-order chi connectivity index (χ0) is 9.68. The minimum Gasteiger partial charge on any atom is -0.394 e. The molecular weight excluding hydrogens is 166 g/mol. The molecule has 1 aliphatic rings. The predicted molar refractivity (Wildman–Crippen MR) is 51.3 cm³/mol. The fourth-order valence-corrected chi connectivity index (χ4v) is 1.72. The van der Waals surface area contributed by atoms with Crippen LogP contribution >= 0.6 is 0 Å². The molecule has 3 nitrogen and oxygen atoms in total.